The van der Waals surface area contributed by atoms with E-state index in [1.807, 2.05) is 36.4 Å². The molecule has 0 unspecified atom stereocenters. The van der Waals surface area contributed by atoms with Crippen LogP contribution in [0.15, 0.2) is 76.7 Å². The molecule has 0 aliphatic carbocycles. The van der Waals surface area contributed by atoms with Crippen molar-refractivity contribution in [3.8, 4) is 11.4 Å². The second-order valence-corrected chi connectivity index (χ2v) is 6.70. The lowest BCUT2D eigenvalue weighted by molar-refractivity contribution is 1.01. The highest BCUT2D eigenvalue weighted by molar-refractivity contribution is 7.99. The normalized spacial score (nSPS) is 10.6. The lowest BCUT2D eigenvalue weighted by atomic mass is 10.2. The topological polar surface area (TPSA) is 25.8 Å². The zero-order valence-corrected chi connectivity index (χ0v) is 13.9. The van der Waals surface area contributed by atoms with E-state index in [0.29, 0.717) is 0 Å². The molecule has 2 nitrogen and oxygen atoms in total. The number of thioether (sulfide) groups is 1. The summed E-state index contributed by atoms with van der Waals surface area (Å²) in [6.07, 6.45) is 2.09. The van der Waals surface area contributed by atoms with Crippen LogP contribution in [0.3, 0.4) is 0 Å². The number of hydrogen-bond acceptors (Lipinski definition) is 4. The van der Waals surface area contributed by atoms with Gasteiger partial charge in [-0.15, -0.1) is 0 Å². The van der Waals surface area contributed by atoms with Gasteiger partial charge in [0.25, 0.3) is 0 Å². The Morgan fingerprint density at radius 1 is 0.864 bits per heavy atom. The molecule has 0 bridgehead atoms. The van der Waals surface area contributed by atoms with Crippen LogP contribution in [0.25, 0.3) is 11.4 Å². The predicted molar refractivity (Wildman–Crippen MR) is 95.3 cm³/mol. The maximum absolute atomic E-state index is 4.72. The van der Waals surface area contributed by atoms with Crippen molar-refractivity contribution in [2.75, 3.05) is 6.26 Å². The third kappa shape index (κ3) is 3.90. The van der Waals surface area contributed by atoms with Crippen molar-refractivity contribution in [3.05, 3.63) is 72.4 Å². The Bertz CT molecular complexity index is 731. The SMILES string of the molecule is CSCc1cc(Sc2ccccc2)nc(-c2ccccc2)n1. The standard InChI is InChI=1S/C18H16N2S2/c1-21-13-15-12-17(22-16-10-6-3-7-11-16)20-18(19-15)14-8-4-2-5-9-14/h2-12H,13H2,1H3. The average Bonchev–Trinajstić information content (AvgIpc) is 2.57. The van der Waals surface area contributed by atoms with E-state index in [9.17, 15) is 0 Å². The Balaban J connectivity index is 1.97. The number of aromatic nitrogens is 2. The summed E-state index contributed by atoms with van der Waals surface area (Å²) in [5, 5.41) is 0.990. The number of hydrogen-bond donors (Lipinski definition) is 0. The van der Waals surface area contributed by atoms with E-state index in [1.165, 1.54) is 4.90 Å². The van der Waals surface area contributed by atoms with Gasteiger partial charge in [0.15, 0.2) is 5.82 Å². The van der Waals surface area contributed by atoms with Crippen LogP contribution >= 0.6 is 23.5 Å². The molecule has 0 N–H and O–H groups in total. The molecule has 3 rings (SSSR count). The summed E-state index contributed by atoms with van der Waals surface area (Å²) >= 11 is 3.45. The number of nitrogens with zero attached hydrogens (tertiary/aromatic N) is 2. The minimum absolute atomic E-state index is 0.797. The van der Waals surface area contributed by atoms with Crippen molar-refractivity contribution in [2.45, 2.75) is 15.7 Å². The van der Waals surface area contributed by atoms with Crippen molar-refractivity contribution in [1.29, 1.82) is 0 Å². The summed E-state index contributed by atoms with van der Waals surface area (Å²) in [6.45, 7) is 0. The van der Waals surface area contributed by atoms with Crippen molar-refractivity contribution in [1.82, 2.24) is 9.97 Å². The molecule has 1 aromatic heterocycles. The minimum atomic E-state index is 0.797. The Morgan fingerprint density at radius 3 is 2.23 bits per heavy atom. The van der Waals surface area contributed by atoms with Gasteiger partial charge >= 0.3 is 0 Å². The van der Waals surface area contributed by atoms with E-state index < -0.39 is 0 Å². The maximum Gasteiger partial charge on any atom is 0.160 e. The molecule has 0 atom stereocenters. The van der Waals surface area contributed by atoms with Crippen LogP contribution in [0, 0.1) is 0 Å². The fourth-order valence-corrected chi connectivity index (χ4v) is 3.38. The van der Waals surface area contributed by atoms with Crippen LogP contribution in [-0.4, -0.2) is 16.2 Å². The summed E-state index contributed by atoms with van der Waals surface area (Å²) in [7, 11) is 0. The van der Waals surface area contributed by atoms with Crippen LogP contribution in [0.1, 0.15) is 5.69 Å². The Labute approximate surface area is 139 Å². The first kappa shape index (κ1) is 15.1. The highest BCUT2D eigenvalue weighted by Crippen LogP contribution is 2.28. The summed E-state index contributed by atoms with van der Waals surface area (Å²) < 4.78 is 0. The van der Waals surface area contributed by atoms with Gasteiger partial charge in [-0.2, -0.15) is 11.8 Å². The maximum atomic E-state index is 4.72. The molecule has 110 valence electrons. The van der Waals surface area contributed by atoms with E-state index in [1.54, 1.807) is 23.5 Å². The Kier molecular flexibility index (Phi) is 5.14. The van der Waals surface area contributed by atoms with E-state index >= 15 is 0 Å². The van der Waals surface area contributed by atoms with E-state index in [-0.39, 0.29) is 0 Å². The lowest BCUT2D eigenvalue weighted by Crippen LogP contribution is -1.96. The second kappa shape index (κ2) is 7.47. The third-order valence-corrected chi connectivity index (χ3v) is 4.56. The fraction of sp³-hybridized carbons (Fsp3) is 0.111. The van der Waals surface area contributed by atoms with E-state index in [0.717, 1.165) is 27.9 Å². The molecular formula is C18H16N2S2. The molecule has 0 radical (unpaired) electrons. The third-order valence-electron chi connectivity index (χ3n) is 3.05. The van der Waals surface area contributed by atoms with Gasteiger partial charge in [-0.05, 0) is 24.5 Å². The number of benzene rings is 2. The summed E-state index contributed by atoms with van der Waals surface area (Å²) in [4.78, 5) is 10.6. The largest absolute Gasteiger partial charge is 0.232 e. The van der Waals surface area contributed by atoms with Crippen molar-refractivity contribution in [2.24, 2.45) is 0 Å². The van der Waals surface area contributed by atoms with E-state index in [4.69, 9.17) is 4.98 Å². The summed E-state index contributed by atoms with van der Waals surface area (Å²) in [5.74, 6) is 1.69. The molecule has 4 heteroatoms. The molecule has 0 saturated heterocycles. The molecule has 0 aliphatic rings. The first-order valence-electron chi connectivity index (χ1n) is 7.00. The minimum Gasteiger partial charge on any atom is -0.232 e. The smallest absolute Gasteiger partial charge is 0.160 e. The van der Waals surface area contributed by atoms with Gasteiger partial charge in [0, 0.05) is 16.2 Å². The molecule has 0 spiro atoms. The quantitative estimate of drug-likeness (QED) is 0.606. The van der Waals surface area contributed by atoms with Gasteiger partial charge in [0.2, 0.25) is 0 Å². The molecule has 1 heterocycles. The van der Waals surface area contributed by atoms with Gasteiger partial charge in [0.05, 0.1) is 5.69 Å². The zero-order valence-electron chi connectivity index (χ0n) is 12.3. The summed E-state index contributed by atoms with van der Waals surface area (Å²) in [5.41, 5.74) is 2.13. The molecule has 2 aromatic carbocycles. The van der Waals surface area contributed by atoms with Gasteiger partial charge < -0.3 is 0 Å². The molecule has 0 fully saturated rings. The van der Waals surface area contributed by atoms with Crippen LogP contribution in [0.2, 0.25) is 0 Å². The average molecular weight is 324 g/mol. The van der Waals surface area contributed by atoms with Gasteiger partial charge in [-0.3, -0.25) is 0 Å². The fourth-order valence-electron chi connectivity index (χ4n) is 2.07. The van der Waals surface area contributed by atoms with Crippen molar-refractivity contribution in [3.63, 3.8) is 0 Å². The highest BCUT2D eigenvalue weighted by Gasteiger charge is 2.08. The van der Waals surface area contributed by atoms with Crippen LogP contribution < -0.4 is 0 Å². The lowest BCUT2D eigenvalue weighted by Gasteiger charge is -2.07. The van der Waals surface area contributed by atoms with Gasteiger partial charge in [0.1, 0.15) is 5.03 Å². The van der Waals surface area contributed by atoms with Crippen LogP contribution in [0.4, 0.5) is 0 Å². The van der Waals surface area contributed by atoms with Crippen LogP contribution in [-0.2, 0) is 5.75 Å². The molecular weight excluding hydrogens is 308 g/mol. The highest BCUT2D eigenvalue weighted by atomic mass is 32.2. The monoisotopic (exact) mass is 324 g/mol. The molecule has 0 amide bonds. The Hall–Kier alpha value is -1.78. The van der Waals surface area contributed by atoms with E-state index in [2.05, 4.69) is 41.6 Å². The first-order valence-corrected chi connectivity index (χ1v) is 9.21. The molecule has 22 heavy (non-hydrogen) atoms. The van der Waals surface area contributed by atoms with Gasteiger partial charge in [-0.25, -0.2) is 9.97 Å². The first-order chi connectivity index (χ1) is 10.8. The molecule has 0 saturated carbocycles. The summed E-state index contributed by atoms with van der Waals surface area (Å²) in [6, 6.07) is 22.5. The molecule has 3 aromatic rings. The van der Waals surface area contributed by atoms with Gasteiger partial charge in [-0.1, -0.05) is 60.3 Å². The predicted octanol–water partition coefficient (Wildman–Crippen LogP) is 5.16. The van der Waals surface area contributed by atoms with Crippen molar-refractivity contribution < 1.29 is 0 Å². The van der Waals surface area contributed by atoms with Crippen molar-refractivity contribution >= 4 is 23.5 Å². The number of rotatable bonds is 5. The zero-order chi connectivity index (χ0) is 15.2. The Morgan fingerprint density at radius 2 is 1.55 bits per heavy atom. The molecule has 0 aliphatic heterocycles. The van der Waals surface area contributed by atoms with Crippen LogP contribution in [0.5, 0.6) is 0 Å². The second-order valence-electron chi connectivity index (χ2n) is 4.74.